The van der Waals surface area contributed by atoms with Gasteiger partial charge in [-0.25, -0.2) is 4.79 Å². The molecule has 1 saturated heterocycles. The van der Waals surface area contributed by atoms with E-state index in [1.807, 2.05) is 4.90 Å². The third-order valence-electron chi connectivity index (χ3n) is 6.49. The number of hydrogen-bond donors (Lipinski definition) is 0. The lowest BCUT2D eigenvalue weighted by molar-refractivity contribution is -0.522. The zero-order valence-corrected chi connectivity index (χ0v) is 19.3. The molecule has 2 atom stereocenters. The van der Waals surface area contributed by atoms with Crippen LogP contribution < -0.4 is 4.90 Å². The van der Waals surface area contributed by atoms with Gasteiger partial charge in [0.05, 0.1) is 13.6 Å². The molecule has 3 aliphatic heterocycles. The fraction of sp³-hybridized carbons (Fsp3) is 0.308. The molecule has 0 N–H and O–H groups in total. The summed E-state index contributed by atoms with van der Waals surface area (Å²) < 4.78 is 2.32. The topological polar surface area (TPSA) is 26.6 Å². The minimum atomic E-state index is -0.111. The van der Waals surface area contributed by atoms with Crippen LogP contribution in [-0.4, -0.2) is 54.3 Å². The van der Waals surface area contributed by atoms with Crippen molar-refractivity contribution >= 4 is 40.8 Å². The molecule has 2 aromatic rings. The van der Waals surface area contributed by atoms with Gasteiger partial charge in [-0.15, -0.1) is 0 Å². The van der Waals surface area contributed by atoms with E-state index in [-0.39, 0.29) is 17.2 Å². The van der Waals surface area contributed by atoms with E-state index in [0.717, 1.165) is 29.9 Å². The summed E-state index contributed by atoms with van der Waals surface area (Å²) in [5.74, 6) is 1.20. The van der Waals surface area contributed by atoms with Gasteiger partial charge in [0.25, 0.3) is 5.84 Å². The van der Waals surface area contributed by atoms with Crippen molar-refractivity contribution in [3.8, 4) is 0 Å². The van der Waals surface area contributed by atoms with Crippen molar-refractivity contribution in [2.24, 2.45) is 5.92 Å². The Hall–Kier alpha value is -2.79. The molecule has 158 valence electrons. The van der Waals surface area contributed by atoms with E-state index in [1.165, 1.54) is 22.4 Å². The maximum absolute atomic E-state index is 13.6. The number of thioether (sulfide) groups is 1. The molecule has 31 heavy (non-hydrogen) atoms. The largest absolute Gasteiger partial charge is 0.378 e. The van der Waals surface area contributed by atoms with Crippen LogP contribution in [0.1, 0.15) is 23.1 Å². The summed E-state index contributed by atoms with van der Waals surface area (Å²) in [6.45, 7) is 2.85. The number of aryl methyl sites for hydroxylation is 1. The van der Waals surface area contributed by atoms with Crippen molar-refractivity contribution < 1.29 is 9.37 Å². The quantitative estimate of drug-likeness (QED) is 0.673. The Morgan fingerprint density at radius 3 is 2.48 bits per heavy atom. The molecule has 3 aliphatic rings. The second kappa shape index (κ2) is 7.72. The number of anilines is 1. The van der Waals surface area contributed by atoms with E-state index in [9.17, 15) is 4.79 Å². The average molecular weight is 431 g/mol. The van der Waals surface area contributed by atoms with Crippen molar-refractivity contribution in [1.82, 2.24) is 4.90 Å². The molecule has 0 bridgehead atoms. The highest BCUT2D eigenvalue weighted by Gasteiger charge is 2.54. The van der Waals surface area contributed by atoms with Crippen molar-refractivity contribution in [2.45, 2.75) is 18.7 Å². The summed E-state index contributed by atoms with van der Waals surface area (Å²) in [6.07, 6.45) is 3.14. The SMILES string of the molecule is Cc1ccc(C2=CSC3C2C(=O)N2CC/C(=C\c4ccc(N(C)C)cc4)C2=[N+]3C)cc1. The van der Waals surface area contributed by atoms with Gasteiger partial charge >= 0.3 is 5.91 Å². The van der Waals surface area contributed by atoms with Crippen LogP contribution in [0.5, 0.6) is 0 Å². The Morgan fingerprint density at radius 1 is 1.10 bits per heavy atom. The van der Waals surface area contributed by atoms with Crippen LogP contribution >= 0.6 is 11.8 Å². The highest BCUT2D eigenvalue weighted by Crippen LogP contribution is 2.46. The maximum atomic E-state index is 13.6. The van der Waals surface area contributed by atoms with Gasteiger partial charge in [-0.3, -0.25) is 4.58 Å². The second-order valence-corrected chi connectivity index (χ2v) is 9.76. The molecular weight excluding hydrogens is 402 g/mol. The first kappa shape index (κ1) is 20.1. The van der Waals surface area contributed by atoms with Crippen LogP contribution in [0.15, 0.2) is 59.5 Å². The molecular formula is C26H28N3OS+. The molecule has 2 aromatic carbocycles. The van der Waals surface area contributed by atoms with Gasteiger partial charge in [-0.1, -0.05) is 53.7 Å². The highest BCUT2D eigenvalue weighted by atomic mass is 32.2. The molecule has 2 unspecified atom stereocenters. The van der Waals surface area contributed by atoms with Gasteiger partial charge in [-0.2, -0.15) is 4.90 Å². The van der Waals surface area contributed by atoms with Crippen LogP contribution in [0.4, 0.5) is 5.69 Å². The number of nitrogens with zero attached hydrogens (tertiary/aromatic N) is 3. The number of carbonyl (C=O) groups excluding carboxylic acids is 1. The summed E-state index contributed by atoms with van der Waals surface area (Å²) in [6, 6.07) is 17.1. The predicted octanol–water partition coefficient (Wildman–Crippen LogP) is 4.46. The van der Waals surface area contributed by atoms with Crippen molar-refractivity contribution in [1.29, 1.82) is 0 Å². The van der Waals surface area contributed by atoms with E-state index in [2.05, 4.69) is 97.6 Å². The van der Waals surface area contributed by atoms with E-state index in [1.54, 1.807) is 11.8 Å². The fourth-order valence-electron chi connectivity index (χ4n) is 4.76. The molecule has 1 amide bonds. The van der Waals surface area contributed by atoms with Crippen LogP contribution in [0.2, 0.25) is 0 Å². The van der Waals surface area contributed by atoms with Gasteiger partial charge < -0.3 is 4.90 Å². The van der Waals surface area contributed by atoms with Crippen molar-refractivity contribution in [3.63, 3.8) is 0 Å². The van der Waals surface area contributed by atoms with Crippen LogP contribution in [-0.2, 0) is 4.79 Å². The minimum absolute atomic E-state index is 0.111. The first-order valence-electron chi connectivity index (χ1n) is 10.8. The number of amidine groups is 1. The molecule has 0 radical (unpaired) electrons. The van der Waals surface area contributed by atoms with Crippen molar-refractivity contribution in [2.75, 3.05) is 32.6 Å². The second-order valence-electron chi connectivity index (χ2n) is 8.77. The maximum Gasteiger partial charge on any atom is 0.322 e. The van der Waals surface area contributed by atoms with Crippen LogP contribution in [0.25, 0.3) is 11.6 Å². The third kappa shape index (κ3) is 3.41. The van der Waals surface area contributed by atoms with E-state index in [0.29, 0.717) is 0 Å². The molecule has 5 heteroatoms. The Labute approximate surface area is 188 Å². The lowest BCUT2D eigenvalue weighted by Crippen LogP contribution is -2.52. The lowest BCUT2D eigenvalue weighted by Gasteiger charge is -2.29. The number of amides is 1. The Morgan fingerprint density at radius 2 is 1.81 bits per heavy atom. The Kier molecular flexibility index (Phi) is 5.01. The molecule has 4 nitrogen and oxygen atoms in total. The first-order chi connectivity index (χ1) is 14.9. The number of benzene rings is 2. The summed E-state index contributed by atoms with van der Waals surface area (Å²) in [7, 11) is 6.24. The molecule has 3 heterocycles. The highest BCUT2D eigenvalue weighted by molar-refractivity contribution is 8.03. The van der Waals surface area contributed by atoms with E-state index in [4.69, 9.17) is 0 Å². The predicted molar refractivity (Wildman–Crippen MR) is 130 cm³/mol. The van der Waals surface area contributed by atoms with E-state index >= 15 is 0 Å². The Balaban J connectivity index is 1.48. The van der Waals surface area contributed by atoms with Gasteiger partial charge in [0.2, 0.25) is 0 Å². The van der Waals surface area contributed by atoms with Crippen LogP contribution in [0.3, 0.4) is 0 Å². The normalized spacial score (nSPS) is 23.9. The molecule has 0 aromatic heterocycles. The summed E-state index contributed by atoms with van der Waals surface area (Å²) >= 11 is 1.77. The standard InChI is InChI=1S/C26H28N3OS/c1-17-5-9-19(10-6-17)22-16-31-26-23(22)25(30)29-14-13-20(24(29)28(26)4)15-18-7-11-21(12-8-18)27(2)3/h5-12,15-16,23,26H,13-14H2,1-4H3/q+1. The third-order valence-corrected chi connectivity index (χ3v) is 7.74. The molecule has 0 spiro atoms. The lowest BCUT2D eigenvalue weighted by atomic mass is 9.90. The van der Waals surface area contributed by atoms with Gasteiger partial charge in [0.15, 0.2) is 5.37 Å². The van der Waals surface area contributed by atoms with E-state index < -0.39 is 0 Å². The smallest absolute Gasteiger partial charge is 0.322 e. The van der Waals surface area contributed by atoms with Crippen LogP contribution in [0, 0.1) is 12.8 Å². The van der Waals surface area contributed by atoms with Gasteiger partial charge in [0, 0.05) is 31.8 Å². The first-order valence-corrected chi connectivity index (χ1v) is 11.7. The number of rotatable bonds is 3. The summed E-state index contributed by atoms with van der Waals surface area (Å²) in [5, 5.41) is 2.31. The fourth-order valence-corrected chi connectivity index (χ4v) is 6.03. The molecule has 1 fully saturated rings. The minimum Gasteiger partial charge on any atom is -0.378 e. The number of fused-ring (bicyclic) bond motifs is 2. The van der Waals surface area contributed by atoms with Gasteiger partial charge in [-0.05, 0) is 47.2 Å². The number of hydrogen-bond acceptors (Lipinski definition) is 3. The average Bonchev–Trinajstić information content (AvgIpc) is 3.39. The number of carbonyl (C=O) groups is 1. The summed E-state index contributed by atoms with van der Waals surface area (Å²) in [4.78, 5) is 17.7. The van der Waals surface area contributed by atoms with Crippen molar-refractivity contribution in [3.05, 3.63) is 76.2 Å². The Bertz CT molecular complexity index is 1130. The molecule has 5 rings (SSSR count). The zero-order chi connectivity index (χ0) is 21.7. The van der Waals surface area contributed by atoms with Gasteiger partial charge in [0.1, 0.15) is 5.92 Å². The summed E-state index contributed by atoms with van der Waals surface area (Å²) in [5.41, 5.74) is 7.16. The monoisotopic (exact) mass is 430 g/mol. The molecule has 0 saturated carbocycles. The molecule has 0 aliphatic carbocycles. The zero-order valence-electron chi connectivity index (χ0n) is 18.5.